The lowest BCUT2D eigenvalue weighted by atomic mass is 9.97. The fourth-order valence-electron chi connectivity index (χ4n) is 2.01. The summed E-state index contributed by atoms with van der Waals surface area (Å²) in [6.45, 7) is 0.916. The number of hydrogen-bond donors (Lipinski definition) is 1. The number of carbonyl (C=O) groups excluding carboxylic acids is 1. The molecule has 2 heterocycles. The smallest absolute Gasteiger partial charge is 0.185 e. The van der Waals surface area contributed by atoms with Crippen molar-refractivity contribution in [1.82, 2.24) is 10.3 Å². The Bertz CT molecular complexity index is 379. The van der Waals surface area contributed by atoms with Crippen LogP contribution in [0, 0.1) is 0 Å². The zero-order valence-corrected chi connectivity index (χ0v) is 10.6. The number of nitrogens with zero attached hydrogens (tertiary/aromatic N) is 1. The Morgan fingerprint density at radius 2 is 2.35 bits per heavy atom. The lowest BCUT2D eigenvalue weighted by Gasteiger charge is -2.22. The van der Waals surface area contributed by atoms with Crippen molar-refractivity contribution in [2.45, 2.75) is 25.3 Å². The van der Waals surface area contributed by atoms with Gasteiger partial charge in [-0.1, -0.05) is 6.42 Å². The minimum atomic E-state index is -0.0770. The van der Waals surface area contributed by atoms with Crippen molar-refractivity contribution >= 4 is 18.2 Å². The third-order valence-electron chi connectivity index (χ3n) is 2.89. The van der Waals surface area contributed by atoms with Crippen LogP contribution in [0.25, 0.3) is 0 Å². The standard InChI is InChI=1S/C12H16N2O2.ClH/c1-16-11-5-7-13-8-9(11)12(15)10-4-2-3-6-14-10;/h5,7-8,10,14H,2-4,6H2,1H3;1H/t10-;/m1./s1. The van der Waals surface area contributed by atoms with Crippen LogP contribution in [0.15, 0.2) is 18.5 Å². The summed E-state index contributed by atoms with van der Waals surface area (Å²) in [5, 5.41) is 3.24. The molecule has 17 heavy (non-hydrogen) atoms. The van der Waals surface area contributed by atoms with Crippen molar-refractivity contribution in [1.29, 1.82) is 0 Å². The number of methoxy groups -OCH3 is 1. The van der Waals surface area contributed by atoms with Crippen LogP contribution in [0.3, 0.4) is 0 Å². The van der Waals surface area contributed by atoms with Gasteiger partial charge in [0.2, 0.25) is 0 Å². The number of pyridine rings is 1. The number of rotatable bonds is 3. The number of halogens is 1. The van der Waals surface area contributed by atoms with Gasteiger partial charge in [0.1, 0.15) is 5.75 Å². The zero-order chi connectivity index (χ0) is 11.4. The molecule has 2 rings (SSSR count). The number of carbonyl (C=O) groups is 1. The summed E-state index contributed by atoms with van der Waals surface area (Å²) < 4.78 is 5.17. The maximum Gasteiger partial charge on any atom is 0.185 e. The fourth-order valence-corrected chi connectivity index (χ4v) is 2.01. The molecule has 1 atom stereocenters. The number of ketones is 1. The molecule has 4 nitrogen and oxygen atoms in total. The molecule has 1 saturated heterocycles. The van der Waals surface area contributed by atoms with E-state index >= 15 is 0 Å². The van der Waals surface area contributed by atoms with E-state index in [0.29, 0.717) is 11.3 Å². The summed E-state index contributed by atoms with van der Waals surface area (Å²) in [5.41, 5.74) is 0.574. The van der Waals surface area contributed by atoms with Gasteiger partial charge in [0.05, 0.1) is 18.7 Å². The number of hydrogen-bond acceptors (Lipinski definition) is 4. The van der Waals surface area contributed by atoms with E-state index in [1.54, 1.807) is 25.6 Å². The summed E-state index contributed by atoms with van der Waals surface area (Å²) in [7, 11) is 1.57. The van der Waals surface area contributed by atoms with Crippen molar-refractivity contribution in [3.8, 4) is 5.75 Å². The second-order valence-corrected chi connectivity index (χ2v) is 3.94. The van der Waals surface area contributed by atoms with Gasteiger partial charge in [-0.2, -0.15) is 0 Å². The van der Waals surface area contributed by atoms with Crippen LogP contribution in [0.5, 0.6) is 5.75 Å². The van der Waals surface area contributed by atoms with Gasteiger partial charge in [0.15, 0.2) is 5.78 Å². The van der Waals surface area contributed by atoms with Crippen molar-refractivity contribution < 1.29 is 9.53 Å². The summed E-state index contributed by atoms with van der Waals surface area (Å²) >= 11 is 0. The van der Waals surface area contributed by atoms with Crippen molar-refractivity contribution in [3.05, 3.63) is 24.0 Å². The van der Waals surface area contributed by atoms with Gasteiger partial charge in [-0.3, -0.25) is 9.78 Å². The Hall–Kier alpha value is -1.13. The van der Waals surface area contributed by atoms with Crippen LogP contribution in [-0.4, -0.2) is 30.5 Å². The zero-order valence-electron chi connectivity index (χ0n) is 9.81. The maximum absolute atomic E-state index is 12.2. The van der Waals surface area contributed by atoms with E-state index < -0.39 is 0 Å². The number of piperidine rings is 1. The molecule has 1 N–H and O–H groups in total. The van der Waals surface area contributed by atoms with Gasteiger partial charge in [-0.25, -0.2) is 0 Å². The summed E-state index contributed by atoms with van der Waals surface area (Å²) in [5.74, 6) is 0.692. The molecule has 1 aliphatic rings. The van der Waals surface area contributed by atoms with Gasteiger partial charge in [-0.15, -0.1) is 12.4 Å². The Morgan fingerprint density at radius 1 is 1.53 bits per heavy atom. The van der Waals surface area contributed by atoms with Gasteiger partial charge < -0.3 is 10.1 Å². The first-order chi connectivity index (χ1) is 7.83. The van der Waals surface area contributed by atoms with E-state index in [9.17, 15) is 4.79 Å². The number of nitrogens with one attached hydrogen (secondary N) is 1. The molecule has 0 aromatic carbocycles. The molecular formula is C12H17ClN2O2. The first kappa shape index (κ1) is 13.9. The Balaban J connectivity index is 0.00000144. The molecule has 0 spiro atoms. The Morgan fingerprint density at radius 3 is 3.00 bits per heavy atom. The highest BCUT2D eigenvalue weighted by Gasteiger charge is 2.24. The van der Waals surface area contributed by atoms with Crippen molar-refractivity contribution in [2.24, 2.45) is 0 Å². The number of Topliss-reactive ketones (excluding diaryl/α,β-unsaturated/α-hetero) is 1. The highest BCUT2D eigenvalue weighted by Crippen LogP contribution is 2.20. The van der Waals surface area contributed by atoms with Gasteiger partial charge >= 0.3 is 0 Å². The molecule has 0 bridgehead atoms. The molecule has 0 amide bonds. The highest BCUT2D eigenvalue weighted by atomic mass is 35.5. The summed E-state index contributed by atoms with van der Waals surface area (Å²) in [6.07, 6.45) is 6.36. The van der Waals surface area contributed by atoms with E-state index in [-0.39, 0.29) is 24.2 Å². The van der Waals surface area contributed by atoms with Crippen LogP contribution in [0.4, 0.5) is 0 Å². The van der Waals surface area contributed by atoms with Crippen molar-refractivity contribution in [2.75, 3.05) is 13.7 Å². The largest absolute Gasteiger partial charge is 0.496 e. The average Bonchev–Trinajstić information content (AvgIpc) is 2.39. The first-order valence-corrected chi connectivity index (χ1v) is 5.58. The highest BCUT2D eigenvalue weighted by molar-refractivity contribution is 6.02. The lowest BCUT2D eigenvalue weighted by Crippen LogP contribution is -2.40. The maximum atomic E-state index is 12.2. The third-order valence-corrected chi connectivity index (χ3v) is 2.89. The average molecular weight is 257 g/mol. The normalized spacial score (nSPS) is 19.2. The SMILES string of the molecule is COc1ccncc1C(=O)[C@H]1CCCCN1.Cl. The Labute approximate surface area is 107 Å². The second-order valence-electron chi connectivity index (χ2n) is 3.94. The fraction of sp³-hybridized carbons (Fsp3) is 0.500. The van der Waals surface area contributed by atoms with E-state index in [1.807, 2.05) is 0 Å². The molecule has 0 aliphatic carbocycles. The van der Waals surface area contributed by atoms with Gasteiger partial charge in [0, 0.05) is 12.4 Å². The Kier molecular flexibility index (Phi) is 5.38. The minimum absolute atomic E-state index is 0. The van der Waals surface area contributed by atoms with Crippen molar-refractivity contribution in [3.63, 3.8) is 0 Å². The topological polar surface area (TPSA) is 51.2 Å². The van der Waals surface area contributed by atoms with Crippen LogP contribution in [-0.2, 0) is 0 Å². The first-order valence-electron chi connectivity index (χ1n) is 5.58. The third kappa shape index (κ3) is 3.17. The van der Waals surface area contributed by atoms with Gasteiger partial charge in [0.25, 0.3) is 0 Å². The predicted octanol–water partition coefficient (Wildman–Crippen LogP) is 1.84. The molecule has 1 aromatic rings. The quantitative estimate of drug-likeness (QED) is 0.839. The monoisotopic (exact) mass is 256 g/mol. The van der Waals surface area contributed by atoms with E-state index in [1.165, 1.54) is 0 Å². The molecule has 0 saturated carbocycles. The van der Waals surface area contributed by atoms with Crippen LogP contribution in [0.1, 0.15) is 29.6 Å². The molecule has 94 valence electrons. The lowest BCUT2D eigenvalue weighted by molar-refractivity contribution is 0.0923. The van der Waals surface area contributed by atoms with Crippen LogP contribution >= 0.6 is 12.4 Å². The molecule has 1 aromatic heterocycles. The minimum Gasteiger partial charge on any atom is -0.496 e. The van der Waals surface area contributed by atoms with Gasteiger partial charge in [-0.05, 0) is 25.5 Å². The number of ether oxygens (including phenoxy) is 1. The van der Waals surface area contributed by atoms with E-state index in [0.717, 1.165) is 25.8 Å². The number of aromatic nitrogens is 1. The second kappa shape index (κ2) is 6.57. The molecule has 1 fully saturated rings. The molecular weight excluding hydrogens is 240 g/mol. The van der Waals surface area contributed by atoms with Crippen LogP contribution in [0.2, 0.25) is 0 Å². The van der Waals surface area contributed by atoms with E-state index in [4.69, 9.17) is 4.74 Å². The molecule has 0 unspecified atom stereocenters. The van der Waals surface area contributed by atoms with Crippen LogP contribution < -0.4 is 10.1 Å². The molecule has 5 heteroatoms. The molecule has 1 aliphatic heterocycles. The molecule has 0 radical (unpaired) electrons. The summed E-state index contributed by atoms with van der Waals surface area (Å²) in [4.78, 5) is 16.2. The van der Waals surface area contributed by atoms with E-state index in [2.05, 4.69) is 10.3 Å². The summed E-state index contributed by atoms with van der Waals surface area (Å²) in [6, 6.07) is 1.64. The predicted molar refractivity (Wildman–Crippen MR) is 68.0 cm³/mol.